The van der Waals surface area contributed by atoms with Gasteiger partial charge in [-0.2, -0.15) is 5.10 Å². The normalized spacial score (nSPS) is 23.9. The van der Waals surface area contributed by atoms with Crippen LogP contribution in [0.5, 0.6) is 5.75 Å². The van der Waals surface area contributed by atoms with E-state index in [2.05, 4.69) is 15.4 Å². The van der Waals surface area contributed by atoms with Crippen molar-refractivity contribution in [2.75, 3.05) is 19.6 Å². The zero-order chi connectivity index (χ0) is 15.8. The maximum atomic E-state index is 12.4. The topological polar surface area (TPSA) is 64.9 Å². The molecule has 0 aliphatic carbocycles. The summed E-state index contributed by atoms with van der Waals surface area (Å²) in [5.41, 5.74) is 3.93. The van der Waals surface area contributed by atoms with Crippen molar-refractivity contribution in [2.45, 2.75) is 12.8 Å². The van der Waals surface area contributed by atoms with Gasteiger partial charge in [-0.15, -0.1) is 12.4 Å². The number of hydrazone groups is 1. The van der Waals surface area contributed by atoms with Gasteiger partial charge in [0.1, 0.15) is 5.75 Å². The van der Waals surface area contributed by atoms with Crippen molar-refractivity contribution in [1.29, 1.82) is 0 Å². The van der Waals surface area contributed by atoms with Crippen LogP contribution in [0, 0.1) is 5.92 Å². The molecule has 2 N–H and O–H groups in total. The highest BCUT2D eigenvalue weighted by molar-refractivity contribution is 6.02. The molecule has 126 valence electrons. The van der Waals surface area contributed by atoms with Crippen LogP contribution in [0.2, 0.25) is 0 Å². The highest BCUT2D eigenvalue weighted by Gasteiger charge is 2.31. The summed E-state index contributed by atoms with van der Waals surface area (Å²) in [6.45, 7) is 3.10. The molecule has 0 unspecified atom stereocenters. The summed E-state index contributed by atoms with van der Waals surface area (Å²) in [6.07, 6.45) is 2.24. The molecule has 3 saturated heterocycles. The largest absolute Gasteiger partial charge is 0.507 e. The maximum Gasteiger partial charge on any atom is 0.275 e. The van der Waals surface area contributed by atoms with Crippen LogP contribution >= 0.6 is 12.4 Å². The van der Waals surface area contributed by atoms with E-state index in [1.54, 1.807) is 12.1 Å². The number of rotatable bonds is 2. The van der Waals surface area contributed by atoms with E-state index < -0.39 is 0 Å². The second kappa shape index (κ2) is 6.79. The van der Waals surface area contributed by atoms with Crippen LogP contribution in [-0.2, 0) is 0 Å². The molecule has 3 aliphatic heterocycles. The van der Waals surface area contributed by atoms with Gasteiger partial charge in [0, 0.05) is 12.5 Å². The van der Waals surface area contributed by atoms with Crippen molar-refractivity contribution in [3.05, 3.63) is 42.0 Å². The number of hydrogen-bond acceptors (Lipinski definition) is 4. The minimum absolute atomic E-state index is 0. The van der Waals surface area contributed by atoms with E-state index in [-0.39, 0.29) is 29.6 Å². The number of aromatic hydroxyl groups is 1. The van der Waals surface area contributed by atoms with Gasteiger partial charge >= 0.3 is 0 Å². The van der Waals surface area contributed by atoms with Crippen LogP contribution in [-0.4, -0.2) is 41.3 Å². The molecule has 2 aromatic rings. The third-order valence-electron chi connectivity index (χ3n) is 4.85. The zero-order valence-electron chi connectivity index (χ0n) is 13.2. The van der Waals surface area contributed by atoms with E-state index in [0.717, 1.165) is 49.0 Å². The van der Waals surface area contributed by atoms with Crippen LogP contribution in [0.4, 0.5) is 0 Å². The number of nitrogens with zero attached hydrogens (tertiary/aromatic N) is 2. The van der Waals surface area contributed by atoms with Gasteiger partial charge in [-0.05, 0) is 48.8 Å². The van der Waals surface area contributed by atoms with Gasteiger partial charge in [0.15, 0.2) is 0 Å². The Morgan fingerprint density at radius 2 is 1.83 bits per heavy atom. The molecule has 3 aliphatic rings. The molecule has 3 fully saturated rings. The second-order valence-electron chi connectivity index (χ2n) is 6.31. The lowest BCUT2D eigenvalue weighted by molar-refractivity contribution is 0.0950. The number of fused-ring (bicyclic) bond motifs is 4. The number of amides is 1. The van der Waals surface area contributed by atoms with E-state index in [1.807, 2.05) is 24.3 Å². The van der Waals surface area contributed by atoms with Gasteiger partial charge in [0.25, 0.3) is 5.91 Å². The fraction of sp³-hybridized carbons (Fsp3) is 0.333. The molecule has 6 heteroatoms. The standard InChI is InChI=1S/C18H19N3O2.ClH/c22-17-10-14-4-2-1-3-13(14)9-15(17)18(23)20-19-16-11-21-7-5-12(16)6-8-21;/h1-4,9-10,12,22H,5-8,11H2,(H,20,23);1H. The molecule has 24 heavy (non-hydrogen) atoms. The first kappa shape index (κ1) is 16.7. The number of halogens is 1. The third-order valence-corrected chi connectivity index (χ3v) is 4.85. The summed E-state index contributed by atoms with van der Waals surface area (Å²) < 4.78 is 0. The smallest absolute Gasteiger partial charge is 0.275 e. The lowest BCUT2D eigenvalue weighted by Gasteiger charge is -2.39. The molecule has 0 aromatic heterocycles. The number of carbonyl (C=O) groups excluding carboxylic acids is 1. The van der Waals surface area contributed by atoms with E-state index in [4.69, 9.17) is 0 Å². The van der Waals surface area contributed by atoms with Crippen LogP contribution < -0.4 is 5.43 Å². The molecular formula is C18H20ClN3O2. The summed E-state index contributed by atoms with van der Waals surface area (Å²) in [6, 6.07) is 11.0. The maximum absolute atomic E-state index is 12.4. The quantitative estimate of drug-likeness (QED) is 0.823. The Kier molecular flexibility index (Phi) is 4.73. The van der Waals surface area contributed by atoms with Crippen molar-refractivity contribution in [3.63, 3.8) is 0 Å². The first-order valence-corrected chi connectivity index (χ1v) is 8.01. The first-order valence-electron chi connectivity index (χ1n) is 8.01. The van der Waals surface area contributed by atoms with Crippen LogP contribution in [0.3, 0.4) is 0 Å². The Bertz CT molecular complexity index is 798. The van der Waals surface area contributed by atoms with Crippen molar-refractivity contribution >= 4 is 34.8 Å². The summed E-state index contributed by atoms with van der Waals surface area (Å²) in [5, 5.41) is 16.3. The summed E-state index contributed by atoms with van der Waals surface area (Å²) >= 11 is 0. The van der Waals surface area contributed by atoms with Crippen LogP contribution in [0.1, 0.15) is 23.2 Å². The minimum atomic E-state index is -0.364. The molecule has 5 rings (SSSR count). The van der Waals surface area contributed by atoms with Crippen LogP contribution in [0.25, 0.3) is 10.8 Å². The number of hydrogen-bond donors (Lipinski definition) is 2. The van der Waals surface area contributed by atoms with Gasteiger partial charge < -0.3 is 5.11 Å². The number of nitrogens with one attached hydrogen (secondary N) is 1. The van der Waals surface area contributed by atoms with Crippen molar-refractivity contribution in [1.82, 2.24) is 10.3 Å². The van der Waals surface area contributed by atoms with Gasteiger partial charge in [-0.1, -0.05) is 24.3 Å². The second-order valence-corrected chi connectivity index (χ2v) is 6.31. The molecule has 2 aromatic carbocycles. The molecule has 3 heterocycles. The molecular weight excluding hydrogens is 326 g/mol. The molecule has 0 atom stereocenters. The van der Waals surface area contributed by atoms with Crippen molar-refractivity contribution < 1.29 is 9.90 Å². The van der Waals surface area contributed by atoms with E-state index in [9.17, 15) is 9.90 Å². The predicted octanol–water partition coefficient (Wildman–Crippen LogP) is 2.78. The molecule has 1 amide bonds. The van der Waals surface area contributed by atoms with E-state index in [1.165, 1.54) is 0 Å². The molecule has 0 spiro atoms. The minimum Gasteiger partial charge on any atom is -0.507 e. The number of phenolic OH excluding ortho intramolecular Hbond substituents is 1. The first-order chi connectivity index (χ1) is 11.2. The number of benzene rings is 2. The fourth-order valence-electron chi connectivity index (χ4n) is 3.50. The van der Waals surface area contributed by atoms with Gasteiger partial charge in [-0.3, -0.25) is 9.69 Å². The predicted molar refractivity (Wildman–Crippen MR) is 96.9 cm³/mol. The highest BCUT2D eigenvalue weighted by atomic mass is 35.5. The Labute approximate surface area is 146 Å². The van der Waals surface area contributed by atoms with Crippen molar-refractivity contribution in [2.24, 2.45) is 11.0 Å². The number of carbonyl (C=O) groups is 1. The summed E-state index contributed by atoms with van der Waals surface area (Å²) in [7, 11) is 0. The molecule has 0 radical (unpaired) electrons. The SMILES string of the molecule is Cl.O=C(NN=C1CN2CCC1CC2)c1cc2ccccc2cc1O. The Morgan fingerprint density at radius 1 is 1.17 bits per heavy atom. The monoisotopic (exact) mass is 345 g/mol. The number of phenols is 1. The molecule has 2 bridgehead atoms. The third kappa shape index (κ3) is 3.09. The summed E-state index contributed by atoms with van der Waals surface area (Å²) in [4.78, 5) is 14.7. The number of piperidine rings is 3. The average Bonchev–Trinajstić information content (AvgIpc) is 2.60. The van der Waals surface area contributed by atoms with Gasteiger partial charge in [0.05, 0.1) is 11.3 Å². The fourth-order valence-corrected chi connectivity index (χ4v) is 3.50. The van der Waals surface area contributed by atoms with Gasteiger partial charge in [-0.25, -0.2) is 5.43 Å². The van der Waals surface area contributed by atoms with E-state index in [0.29, 0.717) is 5.92 Å². The molecule has 5 nitrogen and oxygen atoms in total. The Hall–Kier alpha value is -2.11. The molecule has 0 saturated carbocycles. The Morgan fingerprint density at radius 3 is 2.46 bits per heavy atom. The summed E-state index contributed by atoms with van der Waals surface area (Å²) in [5.74, 6) is 0.109. The Balaban J connectivity index is 0.00000169. The lowest BCUT2D eigenvalue weighted by atomic mass is 9.87. The van der Waals surface area contributed by atoms with Crippen LogP contribution in [0.15, 0.2) is 41.5 Å². The lowest BCUT2D eigenvalue weighted by Crippen LogP contribution is -2.48. The van der Waals surface area contributed by atoms with E-state index >= 15 is 0 Å². The zero-order valence-corrected chi connectivity index (χ0v) is 14.1. The highest BCUT2D eigenvalue weighted by Crippen LogP contribution is 2.26. The van der Waals surface area contributed by atoms with Crippen molar-refractivity contribution in [3.8, 4) is 5.75 Å². The van der Waals surface area contributed by atoms with Gasteiger partial charge in [0.2, 0.25) is 0 Å². The average molecular weight is 346 g/mol.